The van der Waals surface area contributed by atoms with E-state index in [2.05, 4.69) is 10.1 Å². The summed E-state index contributed by atoms with van der Waals surface area (Å²) in [4.78, 5) is 15.8. The molecule has 1 amide bonds. The topological polar surface area (TPSA) is 59.8 Å². The lowest BCUT2D eigenvalue weighted by molar-refractivity contribution is -0.143. The lowest BCUT2D eigenvalue weighted by Crippen LogP contribution is -2.20. The Hall–Kier alpha value is -2.96. The van der Waals surface area contributed by atoms with E-state index in [1.54, 1.807) is 0 Å². The van der Waals surface area contributed by atoms with E-state index in [4.69, 9.17) is 0 Å². The maximum atomic E-state index is 13.5. The third-order valence-corrected chi connectivity index (χ3v) is 4.30. The Balaban J connectivity index is 1.92. The number of alkyl halides is 6. The summed E-state index contributed by atoms with van der Waals surface area (Å²) in [7, 11) is 0. The molecule has 0 aliphatic rings. The fraction of sp³-hybridized carbons (Fsp3) is 0.188. The van der Waals surface area contributed by atoms with Crippen LogP contribution in [-0.2, 0) is 12.6 Å². The van der Waals surface area contributed by atoms with Gasteiger partial charge in [0.05, 0.1) is 29.6 Å². The van der Waals surface area contributed by atoms with Crippen molar-refractivity contribution < 1.29 is 35.5 Å². The van der Waals surface area contributed by atoms with E-state index < -0.39 is 41.8 Å². The molecular formula is C16H9F7N4OS. The minimum absolute atomic E-state index is 0.266. The number of anilines is 1. The number of hydrogen-bond acceptors (Lipinski definition) is 4. The van der Waals surface area contributed by atoms with Gasteiger partial charge in [0.1, 0.15) is 5.82 Å². The summed E-state index contributed by atoms with van der Waals surface area (Å²) in [5, 5.41) is 6.27. The molecule has 2 aromatic heterocycles. The van der Waals surface area contributed by atoms with E-state index in [-0.39, 0.29) is 16.5 Å². The molecule has 29 heavy (non-hydrogen) atoms. The second-order valence-electron chi connectivity index (χ2n) is 5.69. The number of nitrogens with one attached hydrogen (secondary N) is 1. The molecule has 2 heterocycles. The number of thiazole rings is 1. The summed E-state index contributed by atoms with van der Waals surface area (Å²) in [6.07, 6.45) is -10.3. The monoisotopic (exact) mass is 438 g/mol. The molecule has 0 aliphatic heterocycles. The van der Waals surface area contributed by atoms with Crippen molar-refractivity contribution in [1.29, 1.82) is 0 Å². The summed E-state index contributed by atoms with van der Waals surface area (Å²) in [5.74, 6) is -2.08. The summed E-state index contributed by atoms with van der Waals surface area (Å²) in [6.45, 7) is 0. The molecule has 3 rings (SSSR count). The molecule has 3 aromatic rings. The molecule has 0 fully saturated rings. The Labute approximate surface area is 161 Å². The van der Waals surface area contributed by atoms with E-state index in [1.807, 2.05) is 5.32 Å². The average molecular weight is 438 g/mol. The summed E-state index contributed by atoms with van der Waals surface area (Å²) in [5.41, 5.74) is -3.01. The first-order chi connectivity index (χ1) is 13.4. The quantitative estimate of drug-likeness (QED) is 0.593. The van der Waals surface area contributed by atoms with Gasteiger partial charge in [-0.05, 0) is 18.2 Å². The molecule has 5 nitrogen and oxygen atoms in total. The highest BCUT2D eigenvalue weighted by Crippen LogP contribution is 2.34. The highest BCUT2D eigenvalue weighted by atomic mass is 32.1. The molecule has 0 radical (unpaired) electrons. The number of carbonyl (C=O) groups excluding carboxylic acids is 1. The predicted molar refractivity (Wildman–Crippen MR) is 88.4 cm³/mol. The van der Waals surface area contributed by atoms with Crippen molar-refractivity contribution in [2.75, 3.05) is 5.32 Å². The number of benzene rings is 1. The van der Waals surface area contributed by atoms with Crippen molar-refractivity contribution >= 4 is 22.4 Å². The number of carbonyl (C=O) groups is 1. The van der Waals surface area contributed by atoms with E-state index in [1.165, 1.54) is 6.07 Å². The molecule has 0 unspecified atom stereocenters. The molecule has 0 saturated heterocycles. The smallest absolute Gasteiger partial charge is 0.298 e. The molecule has 13 heteroatoms. The van der Waals surface area contributed by atoms with E-state index in [9.17, 15) is 35.5 Å². The van der Waals surface area contributed by atoms with Gasteiger partial charge in [0.15, 0.2) is 10.8 Å². The zero-order chi connectivity index (χ0) is 21.4. The third kappa shape index (κ3) is 4.91. The molecule has 1 aromatic carbocycles. The van der Waals surface area contributed by atoms with E-state index in [0.717, 1.165) is 23.6 Å². The highest BCUT2D eigenvalue weighted by Gasteiger charge is 2.40. The molecule has 0 aliphatic carbocycles. The van der Waals surface area contributed by atoms with Crippen molar-refractivity contribution in [1.82, 2.24) is 14.8 Å². The average Bonchev–Trinajstić information content (AvgIpc) is 3.19. The first kappa shape index (κ1) is 20.8. The lowest BCUT2D eigenvalue weighted by atomic mass is 10.2. The van der Waals surface area contributed by atoms with E-state index >= 15 is 0 Å². The van der Waals surface area contributed by atoms with Gasteiger partial charge in [0.25, 0.3) is 5.91 Å². The second kappa shape index (κ2) is 7.46. The fourth-order valence-electron chi connectivity index (χ4n) is 2.41. The van der Waals surface area contributed by atoms with Crippen LogP contribution >= 0.6 is 11.3 Å². The van der Waals surface area contributed by atoms with Gasteiger partial charge in [0, 0.05) is 5.38 Å². The van der Waals surface area contributed by atoms with Crippen LogP contribution in [0.15, 0.2) is 35.8 Å². The molecule has 0 bridgehead atoms. The number of aromatic nitrogens is 3. The van der Waals surface area contributed by atoms with Crippen LogP contribution in [0, 0.1) is 5.82 Å². The van der Waals surface area contributed by atoms with Gasteiger partial charge in [-0.3, -0.25) is 10.1 Å². The van der Waals surface area contributed by atoms with Crippen LogP contribution in [0.4, 0.5) is 35.9 Å². The van der Waals surface area contributed by atoms with E-state index in [0.29, 0.717) is 22.2 Å². The SMILES string of the molecule is O=C(Nc1nc(CC(F)(F)F)cs1)c1cnn(-c2cccc(F)c2)c1C(F)(F)F. The van der Waals surface area contributed by atoms with Crippen LogP contribution in [0.2, 0.25) is 0 Å². The van der Waals surface area contributed by atoms with Crippen molar-refractivity contribution in [3.8, 4) is 5.69 Å². The van der Waals surface area contributed by atoms with Crippen LogP contribution in [0.1, 0.15) is 21.7 Å². The summed E-state index contributed by atoms with van der Waals surface area (Å²) >= 11 is 0.631. The van der Waals surface area contributed by atoms with Crippen molar-refractivity contribution in [3.63, 3.8) is 0 Å². The largest absolute Gasteiger partial charge is 0.434 e. The molecule has 1 N–H and O–H groups in total. The van der Waals surface area contributed by atoms with Gasteiger partial charge in [-0.2, -0.15) is 31.4 Å². The molecular weight excluding hydrogens is 429 g/mol. The maximum Gasteiger partial charge on any atom is 0.434 e. The molecule has 0 spiro atoms. The van der Waals surface area contributed by atoms with Crippen LogP contribution in [-0.4, -0.2) is 26.8 Å². The molecule has 0 saturated carbocycles. The number of halogens is 7. The Morgan fingerprint density at radius 2 is 1.90 bits per heavy atom. The van der Waals surface area contributed by atoms with Crippen molar-refractivity contribution in [3.05, 3.63) is 58.6 Å². The van der Waals surface area contributed by atoms with Crippen LogP contribution < -0.4 is 5.32 Å². The lowest BCUT2D eigenvalue weighted by Gasteiger charge is -2.12. The first-order valence-electron chi connectivity index (χ1n) is 7.68. The van der Waals surface area contributed by atoms with Gasteiger partial charge >= 0.3 is 12.4 Å². The van der Waals surface area contributed by atoms with Gasteiger partial charge in [0.2, 0.25) is 0 Å². The number of amides is 1. The van der Waals surface area contributed by atoms with Crippen LogP contribution in [0.25, 0.3) is 5.69 Å². The minimum Gasteiger partial charge on any atom is -0.298 e. The number of rotatable bonds is 4. The fourth-order valence-corrected chi connectivity index (χ4v) is 3.11. The number of nitrogens with zero attached hydrogens (tertiary/aromatic N) is 3. The third-order valence-electron chi connectivity index (χ3n) is 3.49. The first-order valence-corrected chi connectivity index (χ1v) is 8.55. The Morgan fingerprint density at radius 3 is 2.52 bits per heavy atom. The molecule has 0 atom stereocenters. The standard InChI is InChI=1S/C16H9F7N4OS/c17-8-2-1-3-10(4-8)27-12(16(21,22)23)11(6-24-27)13(28)26-14-25-9(7-29-14)5-15(18,19)20/h1-4,6-7H,5H2,(H,25,26,28). The number of hydrogen-bond donors (Lipinski definition) is 1. The van der Waals surface area contributed by atoms with Gasteiger partial charge < -0.3 is 0 Å². The zero-order valence-corrected chi connectivity index (χ0v) is 14.8. The van der Waals surface area contributed by atoms with Crippen LogP contribution in [0.3, 0.4) is 0 Å². The predicted octanol–water partition coefficient (Wildman–Crippen LogP) is 4.84. The zero-order valence-electron chi connectivity index (χ0n) is 14.0. The van der Waals surface area contributed by atoms with Gasteiger partial charge in [-0.15, -0.1) is 11.3 Å². The summed E-state index contributed by atoms with van der Waals surface area (Å²) in [6, 6.07) is 4.16. The Bertz CT molecular complexity index is 1040. The minimum atomic E-state index is -5.03. The van der Waals surface area contributed by atoms with Crippen molar-refractivity contribution in [2.24, 2.45) is 0 Å². The van der Waals surface area contributed by atoms with Gasteiger partial charge in [-0.25, -0.2) is 14.1 Å². The van der Waals surface area contributed by atoms with Gasteiger partial charge in [-0.1, -0.05) is 6.07 Å². The Kier molecular flexibility index (Phi) is 5.34. The maximum absolute atomic E-state index is 13.5. The van der Waals surface area contributed by atoms with Crippen LogP contribution in [0.5, 0.6) is 0 Å². The summed E-state index contributed by atoms with van der Waals surface area (Å²) < 4.78 is 91.5. The normalized spacial score (nSPS) is 12.2. The Morgan fingerprint density at radius 1 is 1.17 bits per heavy atom. The highest BCUT2D eigenvalue weighted by molar-refractivity contribution is 7.14. The van der Waals surface area contributed by atoms with Crippen molar-refractivity contribution in [2.45, 2.75) is 18.8 Å². The second-order valence-corrected chi connectivity index (χ2v) is 6.54. The molecule has 154 valence electrons.